The summed E-state index contributed by atoms with van der Waals surface area (Å²) >= 11 is 0. The molecule has 0 heterocycles. The first kappa shape index (κ1) is 43.3. The molecule has 0 amide bonds. The van der Waals surface area contributed by atoms with E-state index in [0.717, 1.165) is 38.5 Å². The summed E-state index contributed by atoms with van der Waals surface area (Å²) in [7, 11) is 5.39. The van der Waals surface area contributed by atoms with Crippen molar-refractivity contribution in [3.05, 3.63) is 0 Å². The van der Waals surface area contributed by atoms with Gasteiger partial charge in [-0.1, -0.05) is 136 Å². The van der Waals surface area contributed by atoms with E-state index in [1.54, 1.807) is 21.1 Å². The van der Waals surface area contributed by atoms with Crippen LogP contribution in [0.15, 0.2) is 0 Å². The van der Waals surface area contributed by atoms with Crippen LogP contribution in [0.4, 0.5) is 0 Å². The van der Waals surface area contributed by atoms with E-state index in [1.165, 1.54) is 96.3 Å². The van der Waals surface area contributed by atoms with Crippen LogP contribution in [-0.4, -0.2) is 75.5 Å². The lowest BCUT2D eigenvalue weighted by Gasteiger charge is -2.34. The molecule has 2 atom stereocenters. The quantitative estimate of drug-likeness (QED) is 0.0411. The van der Waals surface area contributed by atoms with Crippen LogP contribution < -0.4 is 5.11 Å². The lowest BCUT2D eigenvalue weighted by molar-refractivity contribution is -0.889. The van der Waals surface area contributed by atoms with Gasteiger partial charge in [0, 0.05) is 19.3 Å². The normalized spacial score (nSPS) is 13.0. The molecule has 0 aromatic carbocycles. The Bertz CT molecular complexity index is 722. The number of likely N-dealkylation sites (N-methyl/N-ethyl adjacent to an activating group) is 1. The topological polar surface area (TPSA) is 102 Å². The molecule has 0 aliphatic rings. The summed E-state index contributed by atoms with van der Waals surface area (Å²) in [5.41, 5.74) is 0. The molecule has 0 aliphatic carbocycles. The van der Waals surface area contributed by atoms with Crippen molar-refractivity contribution in [2.24, 2.45) is 0 Å². The van der Waals surface area contributed by atoms with E-state index < -0.39 is 18.1 Å². The summed E-state index contributed by atoms with van der Waals surface area (Å²) in [5, 5.41) is 11.5. The van der Waals surface area contributed by atoms with E-state index in [-0.39, 0.29) is 42.7 Å². The van der Waals surface area contributed by atoms with Crippen molar-refractivity contribution in [2.75, 3.05) is 41.0 Å². The molecule has 0 spiro atoms. The van der Waals surface area contributed by atoms with E-state index in [4.69, 9.17) is 14.2 Å². The Kier molecular flexibility index (Phi) is 28.6. The van der Waals surface area contributed by atoms with Gasteiger partial charge >= 0.3 is 11.9 Å². The van der Waals surface area contributed by atoms with E-state index in [2.05, 4.69) is 13.8 Å². The predicted octanol–water partition coefficient (Wildman–Crippen LogP) is 7.68. The average molecular weight is 642 g/mol. The van der Waals surface area contributed by atoms with Crippen LogP contribution in [0.3, 0.4) is 0 Å². The third kappa shape index (κ3) is 28.3. The number of hydrogen-bond donors (Lipinski definition) is 0. The van der Waals surface area contributed by atoms with Gasteiger partial charge in [0.1, 0.15) is 12.6 Å². The van der Waals surface area contributed by atoms with E-state index in [1.807, 2.05) is 0 Å². The number of esters is 2. The molecule has 0 bridgehead atoms. The molecule has 0 fully saturated rings. The number of unbranched alkanes of at least 4 members (excludes halogenated alkanes) is 19. The molecule has 8 heteroatoms. The zero-order valence-electron chi connectivity index (χ0n) is 30.1. The Labute approximate surface area is 276 Å². The van der Waals surface area contributed by atoms with Crippen molar-refractivity contribution in [1.82, 2.24) is 0 Å². The average Bonchev–Trinajstić information content (AvgIpc) is 2.98. The van der Waals surface area contributed by atoms with Crippen LogP contribution in [-0.2, 0) is 28.6 Å². The molecule has 0 aromatic heterocycles. The summed E-state index contributed by atoms with van der Waals surface area (Å²) < 4.78 is 17.0. The van der Waals surface area contributed by atoms with Crippen LogP contribution in [0.25, 0.3) is 0 Å². The SMILES string of the molecule is CCCCCCCCCCCCCCCCC(=O)OCC(COCCC(C(=O)[O-])[N+](C)(C)C)OC(=O)CCCCCCCCC. The van der Waals surface area contributed by atoms with Crippen molar-refractivity contribution < 1.29 is 38.2 Å². The predicted molar refractivity (Wildman–Crippen MR) is 181 cm³/mol. The van der Waals surface area contributed by atoms with Crippen molar-refractivity contribution in [3.63, 3.8) is 0 Å². The van der Waals surface area contributed by atoms with Gasteiger partial charge in [0.2, 0.25) is 0 Å². The minimum Gasteiger partial charge on any atom is -0.544 e. The van der Waals surface area contributed by atoms with Gasteiger partial charge in [-0.3, -0.25) is 9.59 Å². The monoisotopic (exact) mass is 642 g/mol. The molecule has 8 nitrogen and oxygen atoms in total. The van der Waals surface area contributed by atoms with Crippen molar-refractivity contribution >= 4 is 17.9 Å². The lowest BCUT2D eigenvalue weighted by Crippen LogP contribution is -2.55. The Balaban J connectivity index is 4.32. The molecule has 0 saturated carbocycles. The van der Waals surface area contributed by atoms with Crippen LogP contribution in [0.2, 0.25) is 0 Å². The number of rotatable bonds is 33. The second-order valence-corrected chi connectivity index (χ2v) is 13.8. The van der Waals surface area contributed by atoms with Crippen LogP contribution in [0.5, 0.6) is 0 Å². The molecule has 0 saturated heterocycles. The molecule has 0 radical (unpaired) electrons. The highest BCUT2D eigenvalue weighted by atomic mass is 16.6. The zero-order valence-corrected chi connectivity index (χ0v) is 30.1. The third-order valence-electron chi connectivity index (χ3n) is 8.49. The first-order valence-electron chi connectivity index (χ1n) is 18.6. The molecule has 0 aromatic rings. The molecule has 0 aliphatic heterocycles. The maximum atomic E-state index is 12.5. The van der Waals surface area contributed by atoms with Crippen molar-refractivity contribution in [1.29, 1.82) is 0 Å². The van der Waals surface area contributed by atoms with Gasteiger partial charge in [-0.2, -0.15) is 0 Å². The number of carboxylic acid groups (broad SMARTS) is 1. The fraction of sp³-hybridized carbons (Fsp3) is 0.919. The fourth-order valence-electron chi connectivity index (χ4n) is 5.54. The van der Waals surface area contributed by atoms with Crippen molar-refractivity contribution in [2.45, 2.75) is 180 Å². The largest absolute Gasteiger partial charge is 0.544 e. The summed E-state index contributed by atoms with van der Waals surface area (Å²) in [6.07, 6.45) is 25.6. The first-order valence-corrected chi connectivity index (χ1v) is 18.6. The molecule has 0 rings (SSSR count). The van der Waals surface area contributed by atoms with Crippen LogP contribution >= 0.6 is 0 Å². The number of carbonyl (C=O) groups is 3. The summed E-state index contributed by atoms with van der Waals surface area (Å²) in [4.78, 5) is 36.4. The minimum atomic E-state index is -1.12. The van der Waals surface area contributed by atoms with Crippen LogP contribution in [0.1, 0.15) is 168 Å². The van der Waals surface area contributed by atoms with Gasteiger partial charge in [0.05, 0.1) is 40.3 Å². The summed E-state index contributed by atoms with van der Waals surface area (Å²) in [6.45, 7) is 4.62. The maximum Gasteiger partial charge on any atom is 0.306 e. The fourth-order valence-corrected chi connectivity index (χ4v) is 5.54. The smallest absolute Gasteiger partial charge is 0.306 e. The van der Waals surface area contributed by atoms with E-state index in [0.29, 0.717) is 12.8 Å². The van der Waals surface area contributed by atoms with Gasteiger partial charge in [0.15, 0.2) is 6.10 Å². The van der Waals surface area contributed by atoms with E-state index >= 15 is 0 Å². The second kappa shape index (κ2) is 29.7. The zero-order chi connectivity index (χ0) is 33.6. The van der Waals surface area contributed by atoms with Gasteiger partial charge < -0.3 is 28.6 Å². The number of quaternary nitrogens is 1. The standard InChI is InChI=1S/C37H71NO7/c1-6-8-10-12-14-15-16-17-18-19-20-22-23-25-27-35(39)44-32-33(31-43-30-29-34(37(41)42)38(3,4)5)45-36(40)28-26-24-21-13-11-9-7-2/h33-34H,6-32H2,1-5H3. The minimum absolute atomic E-state index is 0.0474. The van der Waals surface area contributed by atoms with E-state index in [9.17, 15) is 19.5 Å². The third-order valence-corrected chi connectivity index (χ3v) is 8.49. The number of aliphatic carboxylic acids is 1. The Morgan fingerprint density at radius 1 is 0.578 bits per heavy atom. The van der Waals surface area contributed by atoms with Gasteiger partial charge in [-0.05, 0) is 12.8 Å². The highest BCUT2D eigenvalue weighted by Gasteiger charge is 2.25. The first-order chi connectivity index (χ1) is 21.6. The molecular formula is C37H71NO7. The molecule has 45 heavy (non-hydrogen) atoms. The molecule has 2 unspecified atom stereocenters. The van der Waals surface area contributed by atoms with Crippen molar-refractivity contribution in [3.8, 4) is 0 Å². The Morgan fingerprint density at radius 3 is 1.38 bits per heavy atom. The molecule has 266 valence electrons. The van der Waals surface area contributed by atoms with Gasteiger partial charge in [-0.25, -0.2) is 0 Å². The number of hydrogen-bond acceptors (Lipinski definition) is 7. The summed E-state index contributed by atoms with van der Waals surface area (Å²) in [6, 6.07) is -0.716. The molecular weight excluding hydrogens is 570 g/mol. The number of carboxylic acids is 1. The lowest BCUT2D eigenvalue weighted by atomic mass is 10.0. The summed E-state index contributed by atoms with van der Waals surface area (Å²) in [5.74, 6) is -1.73. The highest BCUT2D eigenvalue weighted by Crippen LogP contribution is 2.14. The van der Waals surface area contributed by atoms with Crippen LogP contribution in [0, 0.1) is 0 Å². The highest BCUT2D eigenvalue weighted by molar-refractivity contribution is 5.70. The number of nitrogens with zero attached hydrogens (tertiary/aromatic N) is 1. The van der Waals surface area contributed by atoms with Gasteiger partial charge in [-0.15, -0.1) is 0 Å². The maximum absolute atomic E-state index is 12.5. The number of ether oxygens (including phenoxy) is 3. The number of carbonyl (C=O) groups excluding carboxylic acids is 3. The molecule has 0 N–H and O–H groups in total. The van der Waals surface area contributed by atoms with Gasteiger partial charge in [0.25, 0.3) is 0 Å². The Morgan fingerprint density at radius 2 is 0.978 bits per heavy atom. The Hall–Kier alpha value is -1.67. The second-order valence-electron chi connectivity index (χ2n) is 13.8.